The van der Waals surface area contributed by atoms with Crippen molar-refractivity contribution in [3.63, 3.8) is 0 Å². The first-order valence-corrected chi connectivity index (χ1v) is 6.62. The molecule has 0 aromatic heterocycles. The van der Waals surface area contributed by atoms with Gasteiger partial charge in [-0.3, -0.25) is 10.1 Å². The fourth-order valence-electron chi connectivity index (χ4n) is 2.28. The van der Waals surface area contributed by atoms with Gasteiger partial charge in [-0.15, -0.1) is 0 Å². The molecule has 0 unspecified atom stereocenters. The van der Waals surface area contributed by atoms with Gasteiger partial charge in [0.1, 0.15) is 0 Å². The number of non-ortho nitro benzene ring substituents is 1. The van der Waals surface area contributed by atoms with Crippen LogP contribution in [0.2, 0.25) is 0 Å². The number of hydrogen-bond acceptors (Lipinski definition) is 4. The summed E-state index contributed by atoms with van der Waals surface area (Å²) < 4.78 is 0. The number of nitrogens with one attached hydrogen (secondary N) is 2. The van der Waals surface area contributed by atoms with E-state index in [4.69, 9.17) is 5.73 Å². The Labute approximate surface area is 116 Å². The molecule has 1 aliphatic carbocycles. The molecule has 2 rings (SSSR count). The fourth-order valence-corrected chi connectivity index (χ4v) is 2.28. The van der Waals surface area contributed by atoms with E-state index >= 15 is 0 Å². The van der Waals surface area contributed by atoms with Gasteiger partial charge in [-0.2, -0.15) is 0 Å². The van der Waals surface area contributed by atoms with Crippen molar-refractivity contribution in [1.29, 1.82) is 0 Å². The summed E-state index contributed by atoms with van der Waals surface area (Å²) in [6.07, 6.45) is 3.61. The van der Waals surface area contributed by atoms with Gasteiger partial charge in [-0.1, -0.05) is 0 Å². The van der Waals surface area contributed by atoms with Gasteiger partial charge in [0.2, 0.25) is 0 Å². The van der Waals surface area contributed by atoms with Crippen molar-refractivity contribution in [2.45, 2.75) is 37.8 Å². The zero-order valence-corrected chi connectivity index (χ0v) is 11.0. The number of benzene rings is 1. The number of hydrogen-bond donors (Lipinski definition) is 3. The molecule has 0 bridgehead atoms. The minimum absolute atomic E-state index is 0.00257. The maximum Gasteiger partial charge on any atom is 0.319 e. The molecule has 0 aliphatic heterocycles. The Morgan fingerprint density at radius 3 is 2.35 bits per heavy atom. The summed E-state index contributed by atoms with van der Waals surface area (Å²) in [7, 11) is 0. The van der Waals surface area contributed by atoms with E-state index in [2.05, 4.69) is 10.6 Å². The number of urea groups is 1. The van der Waals surface area contributed by atoms with E-state index < -0.39 is 4.92 Å². The van der Waals surface area contributed by atoms with Gasteiger partial charge in [0.05, 0.1) is 4.92 Å². The molecule has 0 spiro atoms. The Balaban J connectivity index is 1.83. The molecule has 2 amide bonds. The SMILES string of the molecule is NC1CCC(NC(=O)Nc2ccc([N+](=O)[O-])cc2)CC1. The molecule has 7 nitrogen and oxygen atoms in total. The summed E-state index contributed by atoms with van der Waals surface area (Å²) in [4.78, 5) is 21.8. The highest BCUT2D eigenvalue weighted by Crippen LogP contribution is 2.18. The number of nitrogens with zero attached hydrogens (tertiary/aromatic N) is 1. The number of carbonyl (C=O) groups is 1. The van der Waals surface area contributed by atoms with Crippen LogP contribution in [0.1, 0.15) is 25.7 Å². The summed E-state index contributed by atoms with van der Waals surface area (Å²) in [6, 6.07) is 5.82. The molecule has 0 atom stereocenters. The van der Waals surface area contributed by atoms with Crippen LogP contribution in [0.3, 0.4) is 0 Å². The molecular formula is C13H18N4O3. The van der Waals surface area contributed by atoms with Crippen molar-refractivity contribution >= 4 is 17.4 Å². The molecule has 1 aliphatic rings. The van der Waals surface area contributed by atoms with Crippen LogP contribution < -0.4 is 16.4 Å². The lowest BCUT2D eigenvalue weighted by atomic mass is 9.92. The van der Waals surface area contributed by atoms with E-state index in [1.54, 1.807) is 0 Å². The average Bonchev–Trinajstić information content (AvgIpc) is 2.42. The third-order valence-corrected chi connectivity index (χ3v) is 3.44. The topological polar surface area (TPSA) is 110 Å². The third-order valence-electron chi connectivity index (χ3n) is 3.44. The normalized spacial score (nSPS) is 22.1. The summed E-state index contributed by atoms with van der Waals surface area (Å²) in [6.45, 7) is 0. The van der Waals surface area contributed by atoms with Crippen LogP contribution in [0.15, 0.2) is 24.3 Å². The zero-order valence-electron chi connectivity index (χ0n) is 11.0. The largest absolute Gasteiger partial charge is 0.335 e. The molecule has 7 heteroatoms. The summed E-state index contributed by atoms with van der Waals surface area (Å²) in [5.41, 5.74) is 6.33. The predicted octanol–water partition coefficient (Wildman–Crippen LogP) is 1.99. The number of nitro benzene ring substituents is 1. The highest BCUT2D eigenvalue weighted by Gasteiger charge is 2.19. The van der Waals surface area contributed by atoms with E-state index in [-0.39, 0.29) is 23.8 Å². The Hall–Kier alpha value is -2.15. The van der Waals surface area contributed by atoms with Crippen LogP contribution in [0.4, 0.5) is 16.2 Å². The minimum Gasteiger partial charge on any atom is -0.335 e. The maximum absolute atomic E-state index is 11.8. The number of anilines is 1. The molecule has 20 heavy (non-hydrogen) atoms. The van der Waals surface area contributed by atoms with Crippen LogP contribution in [-0.4, -0.2) is 23.0 Å². The van der Waals surface area contributed by atoms with E-state index in [1.165, 1.54) is 24.3 Å². The summed E-state index contributed by atoms with van der Waals surface area (Å²) in [5.74, 6) is 0. The van der Waals surface area contributed by atoms with Gasteiger partial charge in [0, 0.05) is 29.9 Å². The second-order valence-electron chi connectivity index (χ2n) is 5.01. The van der Waals surface area contributed by atoms with E-state index in [0.717, 1.165) is 25.7 Å². The number of nitrogens with two attached hydrogens (primary N) is 1. The lowest BCUT2D eigenvalue weighted by Crippen LogP contribution is -2.42. The van der Waals surface area contributed by atoms with Crippen molar-refractivity contribution < 1.29 is 9.72 Å². The average molecular weight is 278 g/mol. The van der Waals surface area contributed by atoms with Gasteiger partial charge >= 0.3 is 6.03 Å². The van der Waals surface area contributed by atoms with Crippen LogP contribution in [-0.2, 0) is 0 Å². The molecule has 1 aromatic rings. The van der Waals surface area contributed by atoms with E-state index in [9.17, 15) is 14.9 Å². The monoisotopic (exact) mass is 278 g/mol. The number of carbonyl (C=O) groups excluding carboxylic acids is 1. The zero-order chi connectivity index (χ0) is 14.5. The Morgan fingerprint density at radius 1 is 1.20 bits per heavy atom. The second kappa shape index (κ2) is 6.33. The van der Waals surface area contributed by atoms with Gasteiger partial charge in [0.25, 0.3) is 5.69 Å². The first kappa shape index (κ1) is 14.3. The van der Waals surface area contributed by atoms with E-state index in [1.807, 2.05) is 0 Å². The number of rotatable bonds is 3. The van der Waals surface area contributed by atoms with Crippen LogP contribution >= 0.6 is 0 Å². The van der Waals surface area contributed by atoms with Crippen molar-refractivity contribution in [1.82, 2.24) is 5.32 Å². The highest BCUT2D eigenvalue weighted by molar-refractivity contribution is 5.89. The standard InChI is InChI=1S/C13H18N4O3/c14-9-1-3-10(4-2-9)15-13(18)16-11-5-7-12(8-6-11)17(19)20/h5-10H,1-4,14H2,(H2,15,16,18). The Bertz CT molecular complexity index is 481. The molecule has 1 aromatic carbocycles. The Kier molecular flexibility index (Phi) is 4.52. The second-order valence-corrected chi connectivity index (χ2v) is 5.01. The first-order valence-electron chi connectivity index (χ1n) is 6.62. The molecule has 0 saturated heterocycles. The fraction of sp³-hybridized carbons (Fsp3) is 0.462. The molecule has 4 N–H and O–H groups in total. The molecule has 1 fully saturated rings. The lowest BCUT2D eigenvalue weighted by Gasteiger charge is -2.26. The first-order chi connectivity index (χ1) is 9.54. The lowest BCUT2D eigenvalue weighted by molar-refractivity contribution is -0.384. The maximum atomic E-state index is 11.8. The predicted molar refractivity (Wildman–Crippen MR) is 75.5 cm³/mol. The van der Waals surface area contributed by atoms with Crippen LogP contribution in [0.25, 0.3) is 0 Å². The quantitative estimate of drug-likeness (QED) is 0.580. The number of amides is 2. The van der Waals surface area contributed by atoms with Gasteiger partial charge < -0.3 is 16.4 Å². The smallest absolute Gasteiger partial charge is 0.319 e. The van der Waals surface area contributed by atoms with Crippen molar-refractivity contribution in [2.75, 3.05) is 5.32 Å². The third kappa shape index (κ3) is 3.92. The van der Waals surface area contributed by atoms with Crippen LogP contribution in [0.5, 0.6) is 0 Å². The van der Waals surface area contributed by atoms with Crippen molar-refractivity contribution in [3.8, 4) is 0 Å². The van der Waals surface area contributed by atoms with Crippen LogP contribution in [0, 0.1) is 10.1 Å². The van der Waals surface area contributed by atoms with Crippen molar-refractivity contribution in [2.24, 2.45) is 5.73 Å². The molecule has 0 radical (unpaired) electrons. The van der Waals surface area contributed by atoms with Gasteiger partial charge in [-0.05, 0) is 37.8 Å². The van der Waals surface area contributed by atoms with E-state index in [0.29, 0.717) is 5.69 Å². The molecule has 1 saturated carbocycles. The summed E-state index contributed by atoms with van der Waals surface area (Å²) in [5, 5.41) is 16.1. The molecule has 0 heterocycles. The molecular weight excluding hydrogens is 260 g/mol. The Morgan fingerprint density at radius 2 is 1.80 bits per heavy atom. The van der Waals surface area contributed by atoms with Gasteiger partial charge in [-0.25, -0.2) is 4.79 Å². The highest BCUT2D eigenvalue weighted by atomic mass is 16.6. The summed E-state index contributed by atoms with van der Waals surface area (Å²) >= 11 is 0. The molecule has 108 valence electrons. The number of nitro groups is 1. The minimum atomic E-state index is -0.477. The van der Waals surface area contributed by atoms with Gasteiger partial charge in [0.15, 0.2) is 0 Å². The van der Waals surface area contributed by atoms with Crippen molar-refractivity contribution in [3.05, 3.63) is 34.4 Å².